The summed E-state index contributed by atoms with van der Waals surface area (Å²) in [5, 5.41) is 13.8. The molecule has 4 rings (SSSR count). The molecule has 0 spiro atoms. The molecule has 1 aliphatic heterocycles. The van der Waals surface area contributed by atoms with Gasteiger partial charge in [0.05, 0.1) is 46.7 Å². The summed E-state index contributed by atoms with van der Waals surface area (Å²) in [4.78, 5) is 37.1. The predicted octanol–water partition coefficient (Wildman–Crippen LogP) is 4.33. The molecule has 12 nitrogen and oxygen atoms in total. The van der Waals surface area contributed by atoms with Gasteiger partial charge < -0.3 is 29.4 Å². The van der Waals surface area contributed by atoms with Gasteiger partial charge in [-0.05, 0) is 40.3 Å². The number of carbonyl (C=O) groups is 1. The molecule has 1 aromatic carbocycles. The normalized spacial score (nSPS) is 17.7. The van der Waals surface area contributed by atoms with Crippen molar-refractivity contribution in [3.63, 3.8) is 0 Å². The Kier molecular flexibility index (Phi) is 9.38. The number of likely N-dealkylation sites (N-methyl/N-ethyl adjacent to an activating group) is 1. The van der Waals surface area contributed by atoms with E-state index < -0.39 is 40.1 Å². The fourth-order valence-electron chi connectivity index (χ4n) is 4.82. The van der Waals surface area contributed by atoms with Crippen LogP contribution >= 0.6 is 23.2 Å². The lowest BCUT2D eigenvalue weighted by atomic mass is 9.93. The number of benzene rings is 1. The number of ether oxygens (including phenoxy) is 3. The van der Waals surface area contributed by atoms with Gasteiger partial charge in [0.2, 0.25) is 5.16 Å². The van der Waals surface area contributed by atoms with Gasteiger partial charge in [0.25, 0.3) is 5.56 Å². The van der Waals surface area contributed by atoms with E-state index in [1.54, 1.807) is 26.8 Å². The van der Waals surface area contributed by atoms with Crippen LogP contribution in [0.25, 0.3) is 22.2 Å². The van der Waals surface area contributed by atoms with Crippen molar-refractivity contribution in [1.29, 1.82) is 0 Å². The van der Waals surface area contributed by atoms with Crippen LogP contribution in [0, 0.1) is 5.21 Å². The molecule has 3 aromatic rings. The van der Waals surface area contributed by atoms with Crippen molar-refractivity contribution in [2.24, 2.45) is 0 Å². The van der Waals surface area contributed by atoms with Crippen LogP contribution < -0.4 is 15.0 Å². The van der Waals surface area contributed by atoms with Crippen LogP contribution in [-0.2, 0) is 22.1 Å². The molecule has 15 heteroatoms. The number of nitrogens with zero attached hydrogens (tertiary/aromatic N) is 5. The number of halogens is 2. The Labute approximate surface area is 255 Å². The number of methoxy groups -OCH3 is 2. The number of hydrogen-bond donors (Lipinski definition) is 0. The summed E-state index contributed by atoms with van der Waals surface area (Å²) in [6.45, 7) is 5.50. The van der Waals surface area contributed by atoms with Crippen LogP contribution in [0.15, 0.2) is 28.3 Å². The first kappa shape index (κ1) is 32.0. The molecule has 1 aliphatic rings. The van der Waals surface area contributed by atoms with Gasteiger partial charge in [-0.15, -0.1) is 0 Å². The minimum atomic E-state index is -1.52. The minimum Gasteiger partial charge on any atom is -0.785 e. The zero-order valence-electron chi connectivity index (χ0n) is 24.3. The average molecular weight is 642 g/mol. The van der Waals surface area contributed by atoms with Gasteiger partial charge in [-0.2, -0.15) is 0 Å². The van der Waals surface area contributed by atoms with Crippen molar-refractivity contribution in [2.45, 2.75) is 56.6 Å². The van der Waals surface area contributed by atoms with Crippen LogP contribution in [0.4, 0.5) is 4.79 Å². The molecule has 228 valence electrons. The van der Waals surface area contributed by atoms with Crippen LogP contribution in [0.5, 0.6) is 11.5 Å². The van der Waals surface area contributed by atoms with Crippen LogP contribution in [0.3, 0.4) is 0 Å². The number of rotatable bonds is 8. The van der Waals surface area contributed by atoms with Crippen molar-refractivity contribution in [3.8, 4) is 22.6 Å². The SMILES string of the molecule is COc1cc(OC)c(Cl)c(-c2cc3cnc(S(C)=O)nc3n(CCC3C(N(C)[O-])CN3C(=O)OC(C)(C)C)c2=O)c1Cl. The van der Waals surface area contributed by atoms with Crippen LogP contribution in [0.2, 0.25) is 10.0 Å². The molecule has 0 radical (unpaired) electrons. The number of aromatic nitrogens is 3. The Hall–Kier alpha value is -2.97. The first-order valence-corrected chi connectivity index (χ1v) is 15.2. The van der Waals surface area contributed by atoms with Crippen molar-refractivity contribution in [2.75, 3.05) is 34.1 Å². The van der Waals surface area contributed by atoms with Gasteiger partial charge in [-0.25, -0.2) is 14.8 Å². The first-order chi connectivity index (χ1) is 19.7. The largest absolute Gasteiger partial charge is 0.785 e. The van der Waals surface area contributed by atoms with Gasteiger partial charge in [-0.3, -0.25) is 13.6 Å². The molecule has 0 saturated carbocycles. The Balaban J connectivity index is 1.86. The second kappa shape index (κ2) is 12.3. The summed E-state index contributed by atoms with van der Waals surface area (Å²) in [7, 11) is 2.72. The number of amides is 1. The molecule has 3 atom stereocenters. The minimum absolute atomic E-state index is 0.0405. The smallest absolute Gasteiger partial charge is 0.410 e. The lowest BCUT2D eigenvalue weighted by Crippen LogP contribution is -2.67. The molecule has 0 aliphatic carbocycles. The molecular weight excluding hydrogens is 609 g/mol. The zero-order valence-corrected chi connectivity index (χ0v) is 26.6. The molecule has 42 heavy (non-hydrogen) atoms. The average Bonchev–Trinajstić information content (AvgIpc) is 2.88. The zero-order chi connectivity index (χ0) is 31.1. The topological polar surface area (TPSA) is 139 Å². The van der Waals surface area contributed by atoms with Gasteiger partial charge >= 0.3 is 6.09 Å². The molecule has 0 N–H and O–H groups in total. The summed E-state index contributed by atoms with van der Waals surface area (Å²) >= 11 is 13.3. The lowest BCUT2D eigenvalue weighted by Gasteiger charge is -2.53. The van der Waals surface area contributed by atoms with Gasteiger partial charge in [0, 0.05) is 48.6 Å². The highest BCUT2D eigenvalue weighted by atomic mass is 35.5. The van der Waals surface area contributed by atoms with E-state index in [0.717, 1.165) is 5.06 Å². The first-order valence-electron chi connectivity index (χ1n) is 12.9. The summed E-state index contributed by atoms with van der Waals surface area (Å²) in [6.07, 6.45) is 2.56. The van der Waals surface area contributed by atoms with E-state index in [1.165, 1.54) is 49.3 Å². The lowest BCUT2D eigenvalue weighted by molar-refractivity contribution is -0.0383. The highest BCUT2D eigenvalue weighted by Gasteiger charge is 2.43. The molecule has 1 saturated heterocycles. The molecule has 1 fully saturated rings. The van der Waals surface area contributed by atoms with E-state index in [4.69, 9.17) is 37.4 Å². The number of pyridine rings is 1. The highest BCUT2D eigenvalue weighted by Crippen LogP contribution is 2.45. The van der Waals surface area contributed by atoms with E-state index >= 15 is 0 Å². The summed E-state index contributed by atoms with van der Waals surface area (Å²) < 4.78 is 29.9. The molecule has 1 amide bonds. The van der Waals surface area contributed by atoms with E-state index in [2.05, 4.69) is 9.97 Å². The fraction of sp³-hybridized carbons (Fsp3) is 0.481. The third kappa shape index (κ3) is 6.20. The molecule has 2 aromatic heterocycles. The summed E-state index contributed by atoms with van der Waals surface area (Å²) in [5.41, 5.74) is -0.699. The fourth-order valence-corrected chi connectivity index (χ4v) is 5.94. The second-order valence-electron chi connectivity index (χ2n) is 10.8. The van der Waals surface area contributed by atoms with E-state index in [1.807, 2.05) is 0 Å². The Morgan fingerprint density at radius 3 is 2.33 bits per heavy atom. The molecular formula is C27H32Cl2N5O7S-. The predicted molar refractivity (Wildman–Crippen MR) is 161 cm³/mol. The Bertz CT molecular complexity index is 1580. The summed E-state index contributed by atoms with van der Waals surface area (Å²) in [5.74, 6) is 0.492. The number of fused-ring (bicyclic) bond motifs is 1. The Morgan fingerprint density at radius 1 is 1.19 bits per heavy atom. The Morgan fingerprint density at radius 2 is 1.81 bits per heavy atom. The number of likely N-dealkylation sites (tertiary alicyclic amines) is 1. The van der Waals surface area contributed by atoms with Gasteiger partial charge in [0.15, 0.2) is 0 Å². The van der Waals surface area contributed by atoms with E-state index in [9.17, 15) is 19.0 Å². The summed E-state index contributed by atoms with van der Waals surface area (Å²) in [6, 6.07) is 2.02. The maximum absolute atomic E-state index is 14.2. The maximum atomic E-state index is 14.2. The third-order valence-corrected chi connectivity index (χ3v) is 8.34. The monoisotopic (exact) mass is 640 g/mol. The van der Waals surface area contributed by atoms with E-state index in [0.29, 0.717) is 5.39 Å². The highest BCUT2D eigenvalue weighted by molar-refractivity contribution is 7.84. The number of aryl methyl sites for hydroxylation is 1. The number of hydroxylamine groups is 2. The molecule has 3 unspecified atom stereocenters. The number of hydrogen-bond acceptors (Lipinski definition) is 10. The van der Waals surface area contributed by atoms with Crippen molar-refractivity contribution in [1.82, 2.24) is 24.5 Å². The van der Waals surface area contributed by atoms with Crippen molar-refractivity contribution >= 4 is 51.1 Å². The van der Waals surface area contributed by atoms with Gasteiger partial charge in [0.1, 0.15) is 22.7 Å². The van der Waals surface area contributed by atoms with Crippen LogP contribution in [0.1, 0.15) is 27.2 Å². The molecule has 3 heterocycles. The third-order valence-electron chi connectivity index (χ3n) is 6.88. The van der Waals surface area contributed by atoms with Gasteiger partial charge in [-0.1, -0.05) is 23.2 Å². The van der Waals surface area contributed by atoms with Crippen molar-refractivity contribution < 1.29 is 23.2 Å². The second-order valence-corrected chi connectivity index (χ2v) is 12.8. The van der Waals surface area contributed by atoms with Crippen molar-refractivity contribution in [3.05, 3.63) is 43.9 Å². The van der Waals surface area contributed by atoms with E-state index in [-0.39, 0.29) is 63.0 Å². The van der Waals surface area contributed by atoms with Crippen LogP contribution in [-0.4, -0.2) is 86.6 Å². The standard InChI is InChI=1S/C27H32Cl2N5O7S/c1-27(2,3)41-26(36)34-13-17(32(4)37)16(34)8-9-33-23-14(12-30-25(31-23)42(7)38)10-15(24(33)35)20-21(28)18(39-5)11-19(40-6)22(20)29/h10-12,16-17H,8-9,13H2,1-7H3/q-1. The number of carbonyl (C=O) groups excluding carboxylic acids is 1. The maximum Gasteiger partial charge on any atom is 0.410 e. The quantitative estimate of drug-likeness (QED) is 0.258. The molecule has 0 bridgehead atoms.